The molecule has 1 fully saturated rings. The van der Waals surface area contributed by atoms with E-state index >= 15 is 0 Å². The van der Waals surface area contributed by atoms with Crippen molar-refractivity contribution in [1.82, 2.24) is 0 Å². The van der Waals surface area contributed by atoms with Gasteiger partial charge in [0, 0.05) is 17.8 Å². The van der Waals surface area contributed by atoms with Crippen LogP contribution < -0.4 is 5.32 Å². The quantitative estimate of drug-likeness (QED) is 0.612. The fourth-order valence-corrected chi connectivity index (χ4v) is 3.08. The number of anilines is 1. The number of nitrogens with one attached hydrogen (secondary N) is 1. The first-order chi connectivity index (χ1) is 11.6. The predicted molar refractivity (Wildman–Crippen MR) is 105 cm³/mol. The average molecular weight is 320 g/mol. The molecule has 3 rings (SSSR count). The van der Waals surface area contributed by atoms with Gasteiger partial charge in [0.1, 0.15) is 0 Å². The third kappa shape index (κ3) is 3.87. The Morgan fingerprint density at radius 1 is 1.29 bits per heavy atom. The summed E-state index contributed by atoms with van der Waals surface area (Å²) < 4.78 is 0. The van der Waals surface area contributed by atoms with Gasteiger partial charge in [0.05, 0.1) is 11.4 Å². The summed E-state index contributed by atoms with van der Waals surface area (Å²) in [6.07, 6.45) is 9.29. The molecule has 1 heterocycles. The Labute approximate surface area is 146 Å². The zero-order valence-corrected chi connectivity index (χ0v) is 15.0. The van der Waals surface area contributed by atoms with E-state index < -0.39 is 0 Å². The summed E-state index contributed by atoms with van der Waals surface area (Å²) in [6, 6.07) is 6.58. The average Bonchev–Trinajstić information content (AvgIpc) is 3.30. The van der Waals surface area contributed by atoms with Gasteiger partial charge in [0.15, 0.2) is 0 Å². The molecular weight excluding hydrogens is 292 g/mol. The number of unbranched alkanes of at least 4 members (excludes halogenated alkanes) is 1. The maximum absolute atomic E-state index is 4.79. The van der Waals surface area contributed by atoms with Crippen LogP contribution in [0.15, 0.2) is 53.8 Å². The van der Waals surface area contributed by atoms with Gasteiger partial charge in [0.25, 0.3) is 0 Å². The van der Waals surface area contributed by atoms with Gasteiger partial charge in [0.2, 0.25) is 0 Å². The molecule has 1 aromatic rings. The second kappa shape index (κ2) is 7.21. The maximum Gasteiger partial charge on any atom is 0.0821 e. The van der Waals surface area contributed by atoms with Gasteiger partial charge >= 0.3 is 0 Å². The van der Waals surface area contributed by atoms with Crippen LogP contribution >= 0.6 is 0 Å². The van der Waals surface area contributed by atoms with Gasteiger partial charge in [-0.1, -0.05) is 50.3 Å². The van der Waals surface area contributed by atoms with Gasteiger partial charge in [-0.2, -0.15) is 0 Å². The van der Waals surface area contributed by atoms with E-state index in [2.05, 4.69) is 49.7 Å². The van der Waals surface area contributed by atoms with Gasteiger partial charge in [-0.05, 0) is 55.7 Å². The van der Waals surface area contributed by atoms with Crippen LogP contribution in [0.2, 0.25) is 0 Å². The summed E-state index contributed by atoms with van der Waals surface area (Å²) in [7, 11) is 0. The van der Waals surface area contributed by atoms with Crippen LogP contribution in [0.1, 0.15) is 57.1 Å². The first kappa shape index (κ1) is 16.8. The van der Waals surface area contributed by atoms with Crippen molar-refractivity contribution in [2.75, 3.05) is 5.32 Å². The van der Waals surface area contributed by atoms with Crippen LogP contribution in [0.5, 0.6) is 0 Å². The molecule has 24 heavy (non-hydrogen) atoms. The Morgan fingerprint density at radius 3 is 2.75 bits per heavy atom. The van der Waals surface area contributed by atoms with Crippen LogP contribution in [-0.4, -0.2) is 5.71 Å². The second-order valence-corrected chi connectivity index (χ2v) is 7.03. The minimum absolute atomic E-state index is 0.735. The molecule has 0 amide bonds. The summed E-state index contributed by atoms with van der Waals surface area (Å²) in [6.45, 7) is 12.6. The molecule has 1 aromatic carbocycles. The molecule has 1 saturated carbocycles. The first-order valence-electron chi connectivity index (χ1n) is 9.11. The van der Waals surface area contributed by atoms with Crippen LogP contribution in [0.3, 0.4) is 0 Å². The maximum atomic E-state index is 4.79. The lowest BCUT2D eigenvalue weighted by atomic mass is 10.0. The fourth-order valence-electron chi connectivity index (χ4n) is 3.08. The third-order valence-electron chi connectivity index (χ3n) is 4.81. The molecule has 1 N–H and O–H groups in total. The molecule has 2 heteroatoms. The summed E-state index contributed by atoms with van der Waals surface area (Å²) in [5.74, 6) is 0.735. The molecule has 0 aromatic heterocycles. The number of aryl methyl sites for hydroxylation is 1. The van der Waals surface area contributed by atoms with Crippen LogP contribution in [0.25, 0.3) is 5.57 Å². The molecule has 0 radical (unpaired) electrons. The van der Waals surface area contributed by atoms with Crippen molar-refractivity contribution in [3.63, 3.8) is 0 Å². The monoisotopic (exact) mass is 320 g/mol. The number of nitrogens with zero attached hydrogens (tertiary/aromatic N) is 1. The molecule has 2 aliphatic rings. The van der Waals surface area contributed by atoms with Crippen LogP contribution in [0.4, 0.5) is 5.69 Å². The Kier molecular flexibility index (Phi) is 5.03. The number of hydrogen-bond acceptors (Lipinski definition) is 2. The van der Waals surface area contributed by atoms with Crippen molar-refractivity contribution in [3.05, 3.63) is 60.0 Å². The van der Waals surface area contributed by atoms with E-state index in [-0.39, 0.29) is 0 Å². The normalized spacial score (nSPS) is 16.6. The minimum atomic E-state index is 0.735. The summed E-state index contributed by atoms with van der Waals surface area (Å²) in [5.41, 5.74) is 8.00. The van der Waals surface area contributed by atoms with Crippen molar-refractivity contribution in [1.29, 1.82) is 0 Å². The van der Waals surface area contributed by atoms with Gasteiger partial charge in [-0.3, -0.25) is 4.99 Å². The Morgan fingerprint density at radius 2 is 2.08 bits per heavy atom. The SMILES string of the molecule is C=C(Nc1cc(C(=C)C)ccc1CCCC)C1=CCC(C2CC2)=N1. The van der Waals surface area contributed by atoms with Gasteiger partial charge < -0.3 is 5.32 Å². The van der Waals surface area contributed by atoms with Crippen molar-refractivity contribution in [2.24, 2.45) is 10.9 Å². The molecular formula is C22H28N2. The molecule has 0 bridgehead atoms. The van der Waals surface area contributed by atoms with Crippen molar-refractivity contribution >= 4 is 17.0 Å². The largest absolute Gasteiger partial charge is 0.354 e. The Hall–Kier alpha value is -2.09. The molecule has 1 aliphatic heterocycles. The van der Waals surface area contributed by atoms with E-state index in [1.807, 2.05) is 6.92 Å². The molecule has 1 aliphatic carbocycles. The lowest BCUT2D eigenvalue weighted by molar-refractivity contribution is 0.796. The number of allylic oxidation sites excluding steroid dienone is 2. The molecule has 0 unspecified atom stereocenters. The standard InChI is InChI=1S/C22H28N2/c1-5-6-7-17-10-11-19(15(2)3)14-22(17)23-16(4)20-12-13-21(24-20)18-8-9-18/h10-12,14,18,23H,2,4-9,13H2,1,3H3. The van der Waals surface area contributed by atoms with Gasteiger partial charge in [-0.25, -0.2) is 0 Å². The van der Waals surface area contributed by atoms with E-state index in [4.69, 9.17) is 4.99 Å². The van der Waals surface area contributed by atoms with Crippen molar-refractivity contribution < 1.29 is 0 Å². The molecule has 126 valence electrons. The molecule has 2 nitrogen and oxygen atoms in total. The number of hydrogen-bond donors (Lipinski definition) is 1. The molecule has 0 saturated heterocycles. The van der Waals surface area contributed by atoms with E-state index in [9.17, 15) is 0 Å². The first-order valence-corrected chi connectivity index (χ1v) is 9.11. The van der Waals surface area contributed by atoms with E-state index in [0.717, 1.165) is 41.4 Å². The van der Waals surface area contributed by atoms with Crippen LogP contribution in [-0.2, 0) is 6.42 Å². The topological polar surface area (TPSA) is 24.4 Å². The smallest absolute Gasteiger partial charge is 0.0821 e. The number of aliphatic imine (C=N–C) groups is 1. The number of rotatable bonds is 8. The predicted octanol–water partition coefficient (Wildman–Crippen LogP) is 6.13. The van der Waals surface area contributed by atoms with Crippen molar-refractivity contribution in [3.8, 4) is 0 Å². The minimum Gasteiger partial charge on any atom is -0.354 e. The lowest BCUT2D eigenvalue weighted by Crippen LogP contribution is -2.04. The summed E-state index contributed by atoms with van der Waals surface area (Å²) >= 11 is 0. The van der Waals surface area contributed by atoms with E-state index in [1.165, 1.54) is 42.5 Å². The Bertz CT molecular complexity index is 717. The number of benzene rings is 1. The second-order valence-electron chi connectivity index (χ2n) is 7.03. The lowest BCUT2D eigenvalue weighted by Gasteiger charge is -2.15. The highest BCUT2D eigenvalue weighted by Crippen LogP contribution is 2.36. The van der Waals surface area contributed by atoms with Crippen LogP contribution in [0, 0.1) is 5.92 Å². The summed E-state index contributed by atoms with van der Waals surface area (Å²) in [4.78, 5) is 4.79. The van der Waals surface area contributed by atoms with Crippen molar-refractivity contribution in [2.45, 2.75) is 52.4 Å². The highest BCUT2D eigenvalue weighted by molar-refractivity contribution is 5.93. The van der Waals surface area contributed by atoms with Gasteiger partial charge in [-0.15, -0.1) is 0 Å². The summed E-state index contributed by atoms with van der Waals surface area (Å²) in [5, 5.41) is 3.53. The zero-order chi connectivity index (χ0) is 17.1. The fraction of sp³-hybridized carbons (Fsp3) is 0.409. The highest BCUT2D eigenvalue weighted by atomic mass is 15.0. The highest BCUT2D eigenvalue weighted by Gasteiger charge is 2.29. The zero-order valence-electron chi connectivity index (χ0n) is 15.0. The van der Waals surface area contributed by atoms with E-state index in [0.29, 0.717) is 0 Å². The Balaban J connectivity index is 1.77. The molecule has 0 spiro atoms. The molecule has 0 atom stereocenters. The van der Waals surface area contributed by atoms with E-state index in [1.54, 1.807) is 0 Å². The third-order valence-corrected chi connectivity index (χ3v) is 4.81.